The van der Waals surface area contributed by atoms with Crippen LogP contribution in [0.5, 0.6) is 0 Å². The van der Waals surface area contributed by atoms with Crippen molar-refractivity contribution in [2.45, 2.75) is 50.7 Å². The summed E-state index contributed by atoms with van der Waals surface area (Å²) in [5, 5.41) is 2.87. The number of aryl methyl sites for hydroxylation is 1. The number of hydrogen-bond donors (Lipinski definition) is 2. The van der Waals surface area contributed by atoms with Gasteiger partial charge >= 0.3 is 11.7 Å². The number of amides is 4. The van der Waals surface area contributed by atoms with Crippen molar-refractivity contribution < 1.29 is 14.4 Å². The Morgan fingerprint density at radius 2 is 1.85 bits per heavy atom. The number of nitrogens with zero attached hydrogens (tertiary/aromatic N) is 3. The van der Waals surface area contributed by atoms with E-state index >= 15 is 0 Å². The van der Waals surface area contributed by atoms with E-state index in [-0.39, 0.29) is 18.5 Å². The Morgan fingerprint density at radius 3 is 2.56 bits per heavy atom. The number of rotatable bonds is 7. The average molecular weight is 528 g/mol. The monoisotopic (exact) mass is 527 g/mol. The van der Waals surface area contributed by atoms with Crippen LogP contribution in [-0.4, -0.2) is 49.8 Å². The Kier molecular flexibility index (Phi) is 5.97. The Balaban J connectivity index is 1.24. The van der Waals surface area contributed by atoms with Gasteiger partial charge in [0, 0.05) is 24.8 Å². The summed E-state index contributed by atoms with van der Waals surface area (Å²) in [6, 6.07) is 15.6. The van der Waals surface area contributed by atoms with Gasteiger partial charge < -0.3 is 10.2 Å². The third-order valence-corrected chi connectivity index (χ3v) is 8.20. The van der Waals surface area contributed by atoms with Gasteiger partial charge in [0.1, 0.15) is 12.1 Å². The normalized spacial score (nSPS) is 20.7. The Labute approximate surface area is 224 Å². The van der Waals surface area contributed by atoms with Crippen LogP contribution in [0, 0.1) is 5.92 Å². The molecule has 2 N–H and O–H groups in total. The predicted molar refractivity (Wildman–Crippen MR) is 142 cm³/mol. The van der Waals surface area contributed by atoms with Crippen molar-refractivity contribution in [2.75, 3.05) is 6.54 Å². The smallest absolute Gasteiger partial charge is 0.332 e. The van der Waals surface area contributed by atoms with Crippen molar-refractivity contribution >= 4 is 17.8 Å². The molecule has 0 bridgehead atoms. The molecule has 1 aliphatic heterocycles. The van der Waals surface area contributed by atoms with E-state index in [4.69, 9.17) is 0 Å². The summed E-state index contributed by atoms with van der Waals surface area (Å²) in [7, 11) is 0. The zero-order valence-corrected chi connectivity index (χ0v) is 21.6. The molecule has 1 spiro atoms. The van der Waals surface area contributed by atoms with Crippen LogP contribution in [0.4, 0.5) is 4.79 Å². The van der Waals surface area contributed by atoms with Crippen LogP contribution in [0.3, 0.4) is 0 Å². The van der Waals surface area contributed by atoms with Gasteiger partial charge in [0.05, 0.1) is 5.69 Å². The molecule has 2 aromatic carbocycles. The molecule has 1 aromatic heterocycles. The highest BCUT2D eigenvalue weighted by molar-refractivity contribution is 6.10. The molecule has 10 heteroatoms. The summed E-state index contributed by atoms with van der Waals surface area (Å²) >= 11 is 0. The number of benzene rings is 2. The lowest BCUT2D eigenvalue weighted by atomic mass is 9.91. The number of aromatic amines is 1. The zero-order chi connectivity index (χ0) is 27.3. The molecular weight excluding hydrogens is 498 g/mol. The number of urea groups is 1. The summed E-state index contributed by atoms with van der Waals surface area (Å²) in [5.74, 6) is -0.268. The van der Waals surface area contributed by atoms with E-state index in [1.54, 1.807) is 23.1 Å². The first kappa shape index (κ1) is 24.8. The minimum Gasteiger partial charge on any atom is -0.334 e. The minimum absolute atomic E-state index is 0.00870. The van der Waals surface area contributed by atoms with E-state index in [1.165, 1.54) is 16.8 Å². The maximum Gasteiger partial charge on any atom is 0.332 e. The van der Waals surface area contributed by atoms with Crippen LogP contribution in [0.15, 0.2) is 70.4 Å². The molecule has 1 saturated carbocycles. The number of nitrogens with one attached hydrogen (secondary N) is 2. The van der Waals surface area contributed by atoms with Gasteiger partial charge in [0.15, 0.2) is 0 Å². The lowest BCUT2D eigenvalue weighted by Crippen LogP contribution is -2.47. The number of fused-ring (bicyclic) bond motifs is 2. The van der Waals surface area contributed by atoms with Gasteiger partial charge in [-0.2, -0.15) is 0 Å². The van der Waals surface area contributed by atoms with Crippen LogP contribution < -0.4 is 16.6 Å². The van der Waals surface area contributed by atoms with Crippen LogP contribution in [0.2, 0.25) is 0 Å². The van der Waals surface area contributed by atoms with E-state index in [1.807, 2.05) is 37.3 Å². The van der Waals surface area contributed by atoms with Gasteiger partial charge in [-0.1, -0.05) is 36.4 Å². The van der Waals surface area contributed by atoms with Crippen molar-refractivity contribution in [3.8, 4) is 5.69 Å². The van der Waals surface area contributed by atoms with Crippen molar-refractivity contribution in [3.05, 3.63) is 98.3 Å². The Hall–Kier alpha value is -4.47. The van der Waals surface area contributed by atoms with E-state index in [2.05, 4.69) is 10.3 Å². The fourth-order valence-electron chi connectivity index (χ4n) is 5.85. The Bertz CT molecular complexity index is 1590. The van der Waals surface area contributed by atoms with Crippen LogP contribution in [0.1, 0.15) is 42.9 Å². The first-order chi connectivity index (χ1) is 18.8. The third-order valence-electron chi connectivity index (χ3n) is 8.20. The van der Waals surface area contributed by atoms with E-state index in [0.29, 0.717) is 36.6 Å². The largest absolute Gasteiger partial charge is 0.334 e. The summed E-state index contributed by atoms with van der Waals surface area (Å²) in [5.41, 5.74) is 0.721. The fraction of sp³-hybridized carbons (Fsp3) is 0.345. The van der Waals surface area contributed by atoms with E-state index in [9.17, 15) is 24.0 Å². The van der Waals surface area contributed by atoms with Crippen LogP contribution >= 0.6 is 0 Å². The molecule has 6 rings (SSSR count). The summed E-state index contributed by atoms with van der Waals surface area (Å²) < 4.78 is 1.31. The number of carbonyl (C=O) groups is 3. The second-order valence-corrected chi connectivity index (χ2v) is 10.6. The summed E-state index contributed by atoms with van der Waals surface area (Å²) in [6.07, 6.45) is 4.39. The van der Waals surface area contributed by atoms with Gasteiger partial charge in [-0.15, -0.1) is 0 Å². The number of H-pyrrole nitrogens is 1. The molecule has 4 amide bonds. The number of hydrogen-bond acceptors (Lipinski definition) is 5. The average Bonchev–Trinajstić information content (AvgIpc) is 3.68. The van der Waals surface area contributed by atoms with Gasteiger partial charge in [0.25, 0.3) is 11.5 Å². The first-order valence-corrected chi connectivity index (χ1v) is 13.2. The summed E-state index contributed by atoms with van der Waals surface area (Å²) in [6.45, 7) is 2.13. The van der Waals surface area contributed by atoms with E-state index in [0.717, 1.165) is 28.9 Å². The third kappa shape index (κ3) is 4.35. The topological polar surface area (TPSA) is 125 Å². The molecule has 3 aliphatic rings. The lowest BCUT2D eigenvalue weighted by molar-refractivity contribution is -0.141. The Morgan fingerprint density at radius 1 is 1.08 bits per heavy atom. The van der Waals surface area contributed by atoms with Crippen molar-refractivity contribution in [1.82, 2.24) is 24.7 Å². The second kappa shape index (κ2) is 9.37. The predicted octanol–water partition coefficient (Wildman–Crippen LogP) is 2.05. The minimum atomic E-state index is -1.24. The van der Waals surface area contributed by atoms with Crippen molar-refractivity contribution in [3.63, 3.8) is 0 Å². The maximum absolute atomic E-state index is 13.8. The van der Waals surface area contributed by atoms with Gasteiger partial charge in [-0.05, 0) is 67.3 Å². The van der Waals surface area contributed by atoms with Gasteiger partial charge in [-0.3, -0.25) is 28.8 Å². The molecule has 2 aliphatic carbocycles. The highest BCUT2D eigenvalue weighted by Crippen LogP contribution is 2.42. The maximum atomic E-state index is 13.8. The SMILES string of the molecule is C[C@@H](C1CC1)N(Cc1ccccc1)C(=O)CN1C(=O)NC2(CCc3cc(-n4ccc(=O)[nH]c4=O)ccc32)C1=O. The van der Waals surface area contributed by atoms with Gasteiger partial charge in [-0.25, -0.2) is 9.59 Å². The highest BCUT2D eigenvalue weighted by Gasteiger charge is 2.56. The molecule has 1 unspecified atom stereocenters. The first-order valence-electron chi connectivity index (χ1n) is 13.2. The van der Waals surface area contributed by atoms with Crippen LogP contribution in [0.25, 0.3) is 5.69 Å². The number of imide groups is 1. The fourth-order valence-corrected chi connectivity index (χ4v) is 5.85. The second-order valence-electron chi connectivity index (χ2n) is 10.6. The van der Waals surface area contributed by atoms with Gasteiger partial charge in [0.2, 0.25) is 5.91 Å². The molecule has 2 atom stereocenters. The number of aromatic nitrogens is 2. The molecule has 1 saturated heterocycles. The molecule has 10 nitrogen and oxygen atoms in total. The molecule has 3 aromatic rings. The standard InChI is InChI=1S/C29H29N5O5/c1-18(20-7-8-20)33(16-19-5-3-2-4-6-19)25(36)17-34-26(37)29(31-28(34)39)13-11-21-15-22(9-10-23(21)29)32-14-12-24(35)30-27(32)38/h2-6,9-10,12,14-15,18,20H,7-8,11,13,16-17H2,1H3,(H,31,39)(H,30,35,38)/t18-,29?/m0/s1. The van der Waals surface area contributed by atoms with Crippen molar-refractivity contribution in [2.24, 2.45) is 5.92 Å². The molecular formula is C29H29N5O5. The van der Waals surface area contributed by atoms with Crippen LogP contribution in [-0.2, 0) is 28.1 Å². The molecule has 0 radical (unpaired) electrons. The zero-order valence-electron chi connectivity index (χ0n) is 21.6. The molecule has 200 valence electrons. The summed E-state index contributed by atoms with van der Waals surface area (Å²) in [4.78, 5) is 69.2. The van der Waals surface area contributed by atoms with E-state index < -0.39 is 28.7 Å². The molecule has 2 fully saturated rings. The van der Waals surface area contributed by atoms with Crippen molar-refractivity contribution in [1.29, 1.82) is 0 Å². The quantitative estimate of drug-likeness (QED) is 0.455. The lowest BCUT2D eigenvalue weighted by Gasteiger charge is -2.31. The highest BCUT2D eigenvalue weighted by atomic mass is 16.2. The molecule has 39 heavy (non-hydrogen) atoms. The molecule has 2 heterocycles. The number of carbonyl (C=O) groups excluding carboxylic acids is 3.